The number of aromatic nitrogens is 2. The maximum absolute atomic E-state index is 11.7. The van der Waals surface area contributed by atoms with E-state index in [0.29, 0.717) is 5.75 Å². The maximum atomic E-state index is 11.7. The van der Waals surface area contributed by atoms with Crippen molar-refractivity contribution < 1.29 is 9.90 Å². The number of carboxylic acid groups (broad SMARTS) is 1. The lowest BCUT2D eigenvalue weighted by Crippen LogP contribution is -2.56. The molecule has 0 amide bonds. The Hall–Kier alpha value is -1.14. The van der Waals surface area contributed by atoms with Gasteiger partial charge in [-0.05, 0) is 37.8 Å². The van der Waals surface area contributed by atoms with Gasteiger partial charge in [0.05, 0.1) is 5.03 Å². The summed E-state index contributed by atoms with van der Waals surface area (Å²) in [6.07, 6.45) is 6.08. The molecule has 0 aliphatic heterocycles. The molecule has 1 fully saturated rings. The summed E-state index contributed by atoms with van der Waals surface area (Å²) >= 11 is 1.48. The minimum absolute atomic E-state index is 0.242. The monoisotopic (exact) mass is 281 g/mol. The molecule has 6 heteroatoms. The molecule has 1 saturated carbocycles. The number of carbonyl (C=O) groups is 1. The smallest absolute Gasteiger partial charge is 0.325 e. The first-order chi connectivity index (χ1) is 9.19. The minimum Gasteiger partial charge on any atom is -0.480 e. The van der Waals surface area contributed by atoms with Crippen LogP contribution in [0.15, 0.2) is 23.6 Å². The lowest BCUT2D eigenvalue weighted by atomic mass is 9.95. The molecule has 0 radical (unpaired) electrons. The van der Waals surface area contributed by atoms with Crippen molar-refractivity contribution in [2.75, 3.05) is 12.3 Å². The van der Waals surface area contributed by atoms with Crippen molar-refractivity contribution in [1.82, 2.24) is 15.3 Å². The Kier molecular flexibility index (Phi) is 4.76. The Morgan fingerprint density at radius 2 is 2.42 bits per heavy atom. The number of nitrogens with zero attached hydrogens (tertiary/aromatic N) is 2. The summed E-state index contributed by atoms with van der Waals surface area (Å²) in [7, 11) is 0. The molecule has 1 unspecified atom stereocenters. The summed E-state index contributed by atoms with van der Waals surface area (Å²) in [5, 5.41) is 13.7. The van der Waals surface area contributed by atoms with Crippen molar-refractivity contribution >= 4 is 17.7 Å². The van der Waals surface area contributed by atoms with Crippen LogP contribution in [0.5, 0.6) is 0 Å². The van der Waals surface area contributed by atoms with Crippen LogP contribution in [0.4, 0.5) is 0 Å². The normalized spacial score (nSPS) is 17.9. The zero-order valence-corrected chi connectivity index (χ0v) is 11.8. The van der Waals surface area contributed by atoms with Gasteiger partial charge in [-0.2, -0.15) is 0 Å². The highest BCUT2D eigenvalue weighted by atomic mass is 32.2. The second-order valence-electron chi connectivity index (χ2n) is 4.81. The van der Waals surface area contributed by atoms with Crippen LogP contribution in [0.25, 0.3) is 0 Å². The molecule has 2 rings (SSSR count). The molecule has 2 N–H and O–H groups in total. The summed E-state index contributed by atoms with van der Waals surface area (Å²) in [5.41, 5.74) is -0.814. The van der Waals surface area contributed by atoms with E-state index < -0.39 is 11.5 Å². The topological polar surface area (TPSA) is 75.1 Å². The highest BCUT2D eigenvalue weighted by Crippen LogP contribution is 2.42. The highest BCUT2D eigenvalue weighted by molar-refractivity contribution is 7.99. The molecule has 5 nitrogen and oxygen atoms in total. The van der Waals surface area contributed by atoms with E-state index in [1.807, 2.05) is 13.0 Å². The van der Waals surface area contributed by atoms with Crippen LogP contribution in [0.3, 0.4) is 0 Å². The maximum Gasteiger partial charge on any atom is 0.325 e. The summed E-state index contributed by atoms with van der Waals surface area (Å²) in [6, 6.07) is 1.81. The van der Waals surface area contributed by atoms with Gasteiger partial charge < -0.3 is 10.4 Å². The molecule has 19 heavy (non-hydrogen) atoms. The fraction of sp³-hybridized carbons (Fsp3) is 0.615. The van der Waals surface area contributed by atoms with E-state index in [-0.39, 0.29) is 5.92 Å². The Morgan fingerprint density at radius 3 is 2.95 bits per heavy atom. The van der Waals surface area contributed by atoms with E-state index in [9.17, 15) is 9.90 Å². The van der Waals surface area contributed by atoms with Gasteiger partial charge in [-0.15, -0.1) is 11.8 Å². The third-order valence-electron chi connectivity index (χ3n) is 3.35. The molecular weight excluding hydrogens is 262 g/mol. The molecular formula is C13H19N3O2S. The molecule has 1 atom stereocenters. The van der Waals surface area contributed by atoms with Crippen molar-refractivity contribution in [2.45, 2.75) is 36.8 Å². The molecule has 104 valence electrons. The highest BCUT2D eigenvalue weighted by Gasteiger charge is 2.50. The molecule has 1 aliphatic rings. The number of carboxylic acids is 1. The standard InChI is InChI=1S/C13H19N3O2S/c1-2-6-16-13(12(17)18,10-3-4-10)8-19-11-5-7-14-9-15-11/h5,7,9-10,16H,2-4,6,8H2,1H3,(H,17,18). The number of hydrogen-bond acceptors (Lipinski definition) is 5. The van der Waals surface area contributed by atoms with E-state index in [1.165, 1.54) is 18.1 Å². The molecule has 0 bridgehead atoms. The van der Waals surface area contributed by atoms with Gasteiger partial charge in [0.25, 0.3) is 0 Å². The zero-order valence-electron chi connectivity index (χ0n) is 11.0. The van der Waals surface area contributed by atoms with Gasteiger partial charge in [0.1, 0.15) is 11.9 Å². The first-order valence-corrected chi connectivity index (χ1v) is 7.55. The molecule has 1 heterocycles. The Labute approximate surface area is 117 Å². The van der Waals surface area contributed by atoms with E-state index >= 15 is 0 Å². The Morgan fingerprint density at radius 1 is 1.63 bits per heavy atom. The van der Waals surface area contributed by atoms with Gasteiger partial charge in [-0.3, -0.25) is 4.79 Å². The molecule has 0 spiro atoms. The van der Waals surface area contributed by atoms with Crippen LogP contribution in [0.1, 0.15) is 26.2 Å². The third kappa shape index (κ3) is 3.45. The van der Waals surface area contributed by atoms with Crippen molar-refractivity contribution in [1.29, 1.82) is 0 Å². The zero-order chi connectivity index (χ0) is 13.7. The van der Waals surface area contributed by atoms with Gasteiger partial charge >= 0.3 is 5.97 Å². The van der Waals surface area contributed by atoms with Crippen LogP contribution in [0.2, 0.25) is 0 Å². The summed E-state index contributed by atoms with van der Waals surface area (Å²) < 4.78 is 0. The van der Waals surface area contributed by atoms with Crippen LogP contribution in [-0.2, 0) is 4.79 Å². The number of rotatable bonds is 8. The van der Waals surface area contributed by atoms with E-state index in [2.05, 4.69) is 15.3 Å². The number of hydrogen-bond donors (Lipinski definition) is 2. The SMILES string of the molecule is CCCNC(CSc1ccncn1)(C(=O)O)C1CC1. The van der Waals surface area contributed by atoms with E-state index in [0.717, 1.165) is 30.8 Å². The van der Waals surface area contributed by atoms with Crippen molar-refractivity contribution in [3.63, 3.8) is 0 Å². The molecule has 1 aromatic heterocycles. The Balaban J connectivity index is 2.06. The molecule has 0 aromatic carbocycles. The lowest BCUT2D eigenvalue weighted by molar-refractivity contribution is -0.144. The second kappa shape index (κ2) is 6.34. The average molecular weight is 281 g/mol. The largest absolute Gasteiger partial charge is 0.480 e. The van der Waals surface area contributed by atoms with Crippen LogP contribution in [-0.4, -0.2) is 38.9 Å². The summed E-state index contributed by atoms with van der Waals surface area (Å²) in [6.45, 7) is 2.78. The third-order valence-corrected chi connectivity index (χ3v) is 4.49. The van der Waals surface area contributed by atoms with Gasteiger partial charge in [0, 0.05) is 11.9 Å². The molecule has 0 saturated heterocycles. The Bertz CT molecular complexity index is 425. The quantitative estimate of drug-likeness (QED) is 0.559. The van der Waals surface area contributed by atoms with E-state index in [4.69, 9.17) is 0 Å². The number of nitrogens with one attached hydrogen (secondary N) is 1. The fourth-order valence-corrected chi connectivity index (χ4v) is 3.22. The van der Waals surface area contributed by atoms with Crippen LogP contribution in [0, 0.1) is 5.92 Å². The van der Waals surface area contributed by atoms with Gasteiger partial charge in [-0.25, -0.2) is 9.97 Å². The fourth-order valence-electron chi connectivity index (χ4n) is 2.10. The number of thioether (sulfide) groups is 1. The predicted octanol–water partition coefficient (Wildman–Crippen LogP) is 1.80. The van der Waals surface area contributed by atoms with Gasteiger partial charge in [0.15, 0.2) is 0 Å². The summed E-state index contributed by atoms with van der Waals surface area (Å²) in [5.74, 6) is 0.000179. The number of aliphatic carboxylic acids is 1. The van der Waals surface area contributed by atoms with Crippen molar-refractivity contribution in [3.05, 3.63) is 18.6 Å². The van der Waals surface area contributed by atoms with Gasteiger partial charge in [0.2, 0.25) is 0 Å². The predicted molar refractivity (Wildman–Crippen MR) is 74.1 cm³/mol. The molecule has 1 aliphatic carbocycles. The second-order valence-corrected chi connectivity index (χ2v) is 5.81. The first kappa shape index (κ1) is 14.3. The first-order valence-electron chi connectivity index (χ1n) is 6.56. The minimum atomic E-state index is -0.814. The average Bonchev–Trinajstić information content (AvgIpc) is 3.25. The lowest BCUT2D eigenvalue weighted by Gasteiger charge is -2.30. The van der Waals surface area contributed by atoms with Gasteiger partial charge in [-0.1, -0.05) is 6.92 Å². The summed E-state index contributed by atoms with van der Waals surface area (Å²) in [4.78, 5) is 19.7. The molecule has 1 aromatic rings. The van der Waals surface area contributed by atoms with E-state index in [1.54, 1.807) is 6.20 Å². The van der Waals surface area contributed by atoms with Crippen LogP contribution < -0.4 is 5.32 Å². The van der Waals surface area contributed by atoms with Crippen LogP contribution >= 0.6 is 11.8 Å². The van der Waals surface area contributed by atoms with Crippen molar-refractivity contribution in [2.24, 2.45) is 5.92 Å². The van der Waals surface area contributed by atoms with Crippen molar-refractivity contribution in [3.8, 4) is 0 Å².